The van der Waals surface area contributed by atoms with Gasteiger partial charge in [0.1, 0.15) is 0 Å². The van der Waals surface area contributed by atoms with E-state index in [9.17, 15) is 15.0 Å². The van der Waals surface area contributed by atoms with Crippen molar-refractivity contribution in [3.8, 4) is 0 Å². The minimum atomic E-state index is -0.899. The number of benzene rings is 1. The Balaban J connectivity index is 2.49. The van der Waals surface area contributed by atoms with Crippen LogP contribution in [0.5, 0.6) is 0 Å². The number of anilines is 1. The molecule has 0 radical (unpaired) electrons. The maximum absolute atomic E-state index is 11.4. The summed E-state index contributed by atoms with van der Waals surface area (Å²) in [5, 5.41) is 18.7. The highest BCUT2D eigenvalue weighted by Crippen LogP contribution is 2.32. The topological polar surface area (TPSA) is 60.8 Å². The first kappa shape index (κ1) is 12.9. The molecule has 1 unspecified atom stereocenters. The van der Waals surface area contributed by atoms with Crippen molar-refractivity contribution in [3.05, 3.63) is 29.3 Å². The smallest absolute Gasteiger partial charge is 0.337 e. The number of aryl methyl sites for hydroxylation is 1. The lowest BCUT2D eigenvalue weighted by molar-refractivity contribution is 0.0697. The molecular formula is C14H19NO3. The third kappa shape index (κ3) is 2.20. The van der Waals surface area contributed by atoms with Crippen LogP contribution in [-0.2, 0) is 6.42 Å². The summed E-state index contributed by atoms with van der Waals surface area (Å²) in [7, 11) is 0. The average molecular weight is 249 g/mol. The Morgan fingerprint density at radius 2 is 2.28 bits per heavy atom. The number of aliphatic hydroxyl groups is 1. The van der Waals surface area contributed by atoms with E-state index in [1.54, 1.807) is 12.1 Å². The highest BCUT2D eigenvalue weighted by molar-refractivity contribution is 5.95. The van der Waals surface area contributed by atoms with Crippen LogP contribution in [0.3, 0.4) is 0 Å². The molecule has 1 aromatic carbocycles. The van der Waals surface area contributed by atoms with Crippen LogP contribution in [0, 0.1) is 0 Å². The van der Waals surface area contributed by atoms with Gasteiger partial charge in [-0.05, 0) is 30.9 Å². The maximum atomic E-state index is 11.4. The van der Waals surface area contributed by atoms with Gasteiger partial charge in [0.25, 0.3) is 0 Å². The molecule has 1 saturated heterocycles. The van der Waals surface area contributed by atoms with E-state index in [0.29, 0.717) is 5.56 Å². The van der Waals surface area contributed by atoms with E-state index in [1.165, 1.54) is 0 Å². The molecule has 2 rings (SSSR count). The third-order valence-electron chi connectivity index (χ3n) is 3.61. The number of carboxylic acids is 1. The summed E-state index contributed by atoms with van der Waals surface area (Å²) in [6, 6.07) is 5.45. The fourth-order valence-corrected chi connectivity index (χ4v) is 2.71. The van der Waals surface area contributed by atoms with Crippen LogP contribution in [0.15, 0.2) is 18.2 Å². The lowest BCUT2D eigenvalue weighted by atomic mass is 10.0. The lowest BCUT2D eigenvalue weighted by Crippen LogP contribution is -2.34. The summed E-state index contributed by atoms with van der Waals surface area (Å²) in [5.74, 6) is -0.899. The van der Waals surface area contributed by atoms with Crippen LogP contribution in [-0.4, -0.2) is 35.4 Å². The molecule has 1 aliphatic heterocycles. The van der Waals surface area contributed by atoms with E-state index < -0.39 is 5.97 Å². The number of carboxylic acid groups (broad SMARTS) is 1. The maximum Gasteiger partial charge on any atom is 0.337 e. The first-order valence-corrected chi connectivity index (χ1v) is 6.41. The summed E-state index contributed by atoms with van der Waals surface area (Å²) in [5.41, 5.74) is 2.18. The van der Waals surface area contributed by atoms with E-state index in [-0.39, 0.29) is 12.6 Å². The van der Waals surface area contributed by atoms with Crippen molar-refractivity contribution in [2.75, 3.05) is 18.1 Å². The number of aliphatic hydroxyl groups excluding tert-OH is 1. The largest absolute Gasteiger partial charge is 0.478 e. The van der Waals surface area contributed by atoms with Gasteiger partial charge in [-0.15, -0.1) is 0 Å². The minimum absolute atomic E-state index is 0.0517. The second-order valence-corrected chi connectivity index (χ2v) is 4.64. The van der Waals surface area contributed by atoms with Crippen LogP contribution >= 0.6 is 0 Å². The number of aromatic carboxylic acids is 1. The van der Waals surface area contributed by atoms with Gasteiger partial charge >= 0.3 is 5.97 Å². The highest BCUT2D eigenvalue weighted by Gasteiger charge is 2.28. The summed E-state index contributed by atoms with van der Waals surface area (Å²) < 4.78 is 0. The second kappa shape index (κ2) is 5.40. The molecule has 4 nitrogen and oxygen atoms in total. The van der Waals surface area contributed by atoms with Gasteiger partial charge in [-0.1, -0.05) is 19.1 Å². The molecule has 0 bridgehead atoms. The SMILES string of the molecule is CCc1cccc(C(=O)O)c1N1CCCC1CO. The Kier molecular flexibility index (Phi) is 3.87. The molecule has 1 heterocycles. The first-order chi connectivity index (χ1) is 8.69. The molecule has 0 aromatic heterocycles. The van der Waals surface area contributed by atoms with Crippen molar-refractivity contribution in [2.24, 2.45) is 0 Å². The monoisotopic (exact) mass is 249 g/mol. The fourth-order valence-electron chi connectivity index (χ4n) is 2.71. The van der Waals surface area contributed by atoms with Crippen LogP contribution in [0.25, 0.3) is 0 Å². The van der Waals surface area contributed by atoms with E-state index in [0.717, 1.165) is 37.1 Å². The minimum Gasteiger partial charge on any atom is -0.478 e. The van der Waals surface area contributed by atoms with Crippen molar-refractivity contribution in [3.63, 3.8) is 0 Å². The number of rotatable bonds is 4. The van der Waals surface area contributed by atoms with Crippen LogP contribution in [0.1, 0.15) is 35.7 Å². The third-order valence-corrected chi connectivity index (χ3v) is 3.61. The predicted octanol–water partition coefficient (Wildman–Crippen LogP) is 1.91. The van der Waals surface area contributed by atoms with Gasteiger partial charge in [-0.2, -0.15) is 0 Å². The lowest BCUT2D eigenvalue weighted by Gasteiger charge is -2.29. The molecule has 0 amide bonds. The molecular weight excluding hydrogens is 230 g/mol. The zero-order chi connectivity index (χ0) is 13.1. The van der Waals surface area contributed by atoms with Gasteiger partial charge in [0.05, 0.1) is 23.9 Å². The highest BCUT2D eigenvalue weighted by atomic mass is 16.4. The molecule has 18 heavy (non-hydrogen) atoms. The Bertz CT molecular complexity index is 445. The molecule has 98 valence electrons. The number of para-hydroxylation sites is 1. The Labute approximate surface area is 107 Å². The summed E-state index contributed by atoms with van der Waals surface area (Å²) >= 11 is 0. The van der Waals surface area contributed by atoms with Crippen molar-refractivity contribution in [2.45, 2.75) is 32.2 Å². The first-order valence-electron chi connectivity index (χ1n) is 6.41. The summed E-state index contributed by atoms with van der Waals surface area (Å²) in [6.45, 7) is 2.92. The Hall–Kier alpha value is -1.55. The van der Waals surface area contributed by atoms with E-state index >= 15 is 0 Å². The van der Waals surface area contributed by atoms with Crippen molar-refractivity contribution < 1.29 is 15.0 Å². The standard InChI is InChI=1S/C14H19NO3/c1-2-10-5-3-7-12(14(17)18)13(10)15-8-4-6-11(15)9-16/h3,5,7,11,16H,2,4,6,8-9H2,1H3,(H,17,18). The number of nitrogens with zero attached hydrogens (tertiary/aromatic N) is 1. The molecule has 0 saturated carbocycles. The van der Waals surface area contributed by atoms with Gasteiger partial charge in [0, 0.05) is 6.54 Å². The summed E-state index contributed by atoms with van der Waals surface area (Å²) in [6.07, 6.45) is 2.72. The van der Waals surface area contributed by atoms with Gasteiger partial charge in [-0.25, -0.2) is 4.79 Å². The van der Waals surface area contributed by atoms with Crippen LogP contribution in [0.2, 0.25) is 0 Å². The molecule has 1 aromatic rings. The molecule has 4 heteroatoms. The van der Waals surface area contributed by atoms with Crippen molar-refractivity contribution >= 4 is 11.7 Å². The average Bonchev–Trinajstić information content (AvgIpc) is 2.85. The van der Waals surface area contributed by atoms with Crippen molar-refractivity contribution in [1.82, 2.24) is 0 Å². The van der Waals surface area contributed by atoms with Gasteiger partial charge in [0.15, 0.2) is 0 Å². The van der Waals surface area contributed by atoms with E-state index in [4.69, 9.17) is 0 Å². The predicted molar refractivity (Wildman–Crippen MR) is 70.2 cm³/mol. The molecule has 1 fully saturated rings. The number of hydrogen-bond acceptors (Lipinski definition) is 3. The molecule has 2 N–H and O–H groups in total. The van der Waals surface area contributed by atoms with Crippen molar-refractivity contribution in [1.29, 1.82) is 0 Å². The van der Waals surface area contributed by atoms with Gasteiger partial charge in [-0.3, -0.25) is 0 Å². The Morgan fingerprint density at radius 3 is 2.89 bits per heavy atom. The van der Waals surface area contributed by atoms with Crippen LogP contribution in [0.4, 0.5) is 5.69 Å². The Morgan fingerprint density at radius 1 is 1.50 bits per heavy atom. The quantitative estimate of drug-likeness (QED) is 0.855. The van der Waals surface area contributed by atoms with E-state index in [1.807, 2.05) is 13.0 Å². The normalized spacial score (nSPS) is 19.2. The van der Waals surface area contributed by atoms with Gasteiger partial charge in [0.2, 0.25) is 0 Å². The number of carbonyl (C=O) groups is 1. The molecule has 1 aliphatic rings. The summed E-state index contributed by atoms with van der Waals surface area (Å²) in [4.78, 5) is 13.4. The van der Waals surface area contributed by atoms with E-state index in [2.05, 4.69) is 4.90 Å². The number of hydrogen-bond donors (Lipinski definition) is 2. The molecule has 1 atom stereocenters. The zero-order valence-electron chi connectivity index (χ0n) is 10.6. The molecule has 0 spiro atoms. The zero-order valence-corrected chi connectivity index (χ0v) is 10.6. The van der Waals surface area contributed by atoms with Crippen LogP contribution < -0.4 is 4.90 Å². The fraction of sp³-hybridized carbons (Fsp3) is 0.500. The molecule has 0 aliphatic carbocycles. The van der Waals surface area contributed by atoms with Gasteiger partial charge < -0.3 is 15.1 Å². The second-order valence-electron chi connectivity index (χ2n) is 4.64.